The first-order valence-electron chi connectivity index (χ1n) is 37.9. The molecule has 6 heterocycles. The second kappa shape index (κ2) is 40.2. The molecule has 3 saturated carbocycles. The van der Waals surface area contributed by atoms with Gasteiger partial charge in [0.05, 0.1) is 56.1 Å². The number of H-pyrrole nitrogens is 3. The van der Waals surface area contributed by atoms with Crippen LogP contribution in [0.3, 0.4) is 0 Å². The highest BCUT2D eigenvalue weighted by atomic mass is 35.5. The van der Waals surface area contributed by atoms with Gasteiger partial charge in [-0.3, -0.25) is 71.0 Å². The van der Waals surface area contributed by atoms with Crippen LogP contribution < -0.4 is 30.2 Å². The lowest BCUT2D eigenvalue weighted by Gasteiger charge is -2.28. The first kappa shape index (κ1) is 93.1. The summed E-state index contributed by atoms with van der Waals surface area (Å²) in [7, 11) is -12.1. The molecular formula is C75H96Cl3N6O27P3S3. The van der Waals surface area contributed by atoms with Gasteiger partial charge < -0.3 is 72.6 Å². The van der Waals surface area contributed by atoms with Crippen molar-refractivity contribution in [1.82, 2.24) is 28.7 Å². The number of benzene rings is 3. The number of carbonyl (C=O) groups excluding carboxylic acids is 3. The monoisotopic (exact) mass is 1810 g/mol. The minimum Gasteiger partial charge on any atom is -0.462 e. The molecule has 6 aliphatic rings. The summed E-state index contributed by atoms with van der Waals surface area (Å²) < 4.78 is 114. The molecule has 0 spiro atoms. The van der Waals surface area contributed by atoms with Gasteiger partial charge in [-0.15, -0.1) is 0 Å². The van der Waals surface area contributed by atoms with Crippen LogP contribution in [0.2, 0.25) is 15.1 Å². The fraction of sp³-hybridized carbons (Fsp3) is 0.560. The van der Waals surface area contributed by atoms with Crippen molar-refractivity contribution in [2.24, 2.45) is 17.8 Å². The SMILES string of the molecule is C[C@H](CP(=O)(OC[C@H]1O[C@@H](n2ccc(=O)[nH]c2=S)C(C)(O)[C@H]1O)Oc1ccc(Cl)cc1)C(=O)OC1CCCC1.C[C@H](C[P@@](=O)(OC[C@H]1O[C@@H](n2ccc(=O)[nH]c2=S)C(C)(O)[C@H]1O)Oc1ccc(Cl)cc1)C(=O)OC1CCCC1.C[C@H](C[P@](=O)(OC[C@H]1O[C@@H](n2ccc(=O)[nH]c2=S)C(C)(O)[C@H]1O)Oc1ccc(Cl)cc1)C(=O)OC1CCCC1. The van der Waals surface area contributed by atoms with E-state index in [0.717, 1.165) is 77.0 Å². The molecule has 3 aliphatic carbocycles. The summed E-state index contributed by atoms with van der Waals surface area (Å²) in [6.07, 6.45) is 1.96. The number of carbonyl (C=O) groups is 3. The number of halogens is 3. The number of esters is 3. The van der Waals surface area contributed by atoms with Crippen molar-refractivity contribution in [3.8, 4) is 17.2 Å². The summed E-state index contributed by atoms with van der Waals surface area (Å²) in [5.41, 5.74) is -6.84. The zero-order valence-corrected chi connectivity index (χ0v) is 72.0. The van der Waals surface area contributed by atoms with Gasteiger partial charge in [0.25, 0.3) is 16.7 Å². The lowest BCUT2D eigenvalue weighted by Crippen LogP contribution is -2.44. The van der Waals surface area contributed by atoms with Gasteiger partial charge in [0, 0.05) is 51.9 Å². The summed E-state index contributed by atoms with van der Waals surface area (Å²) in [6.45, 7) is 7.45. The molecule has 3 aliphatic heterocycles. The molecule has 9 N–H and O–H groups in total. The lowest BCUT2D eigenvalue weighted by molar-refractivity contribution is -0.153. The highest BCUT2D eigenvalue weighted by molar-refractivity contribution is 7.71. The molecule has 33 nitrogen and oxygen atoms in total. The predicted molar refractivity (Wildman–Crippen MR) is 433 cm³/mol. The first-order valence-corrected chi connectivity index (χ1v) is 45.5. The lowest BCUT2D eigenvalue weighted by atomic mass is 9.96. The van der Waals surface area contributed by atoms with Crippen LogP contribution in [0, 0.1) is 32.1 Å². The molecule has 3 aromatic heterocycles. The Morgan fingerprint density at radius 3 is 0.872 bits per heavy atom. The quantitative estimate of drug-likeness (QED) is 0.00875. The summed E-state index contributed by atoms with van der Waals surface area (Å²) >= 11 is 33.4. The summed E-state index contributed by atoms with van der Waals surface area (Å²) in [4.78, 5) is 80.1. The average Bonchev–Trinajstić information content (AvgIpc) is 1.63. The third-order valence-corrected chi connectivity index (χ3v) is 28.3. The molecule has 18 atom stereocenters. The van der Waals surface area contributed by atoms with Gasteiger partial charge in [-0.1, -0.05) is 55.6 Å². The van der Waals surface area contributed by atoms with E-state index >= 15 is 0 Å². The largest absolute Gasteiger partial charge is 0.462 e. The van der Waals surface area contributed by atoms with E-state index in [4.69, 9.17) is 127 Å². The molecule has 3 saturated heterocycles. The maximum atomic E-state index is 13.9. The number of nitrogens with zero attached hydrogens (tertiary/aromatic N) is 3. The van der Waals surface area contributed by atoms with Gasteiger partial charge in [0.1, 0.15) is 89.0 Å². The van der Waals surface area contributed by atoms with Crippen LogP contribution in [0.1, 0.15) is 137 Å². The minimum absolute atomic E-state index is 0.0205. The number of hydrogen-bond acceptors (Lipinski definition) is 30. The Morgan fingerprint density at radius 2 is 0.658 bits per heavy atom. The Kier molecular flexibility index (Phi) is 32.0. The Bertz CT molecular complexity index is 4460. The van der Waals surface area contributed by atoms with Crippen LogP contribution in [-0.2, 0) is 70.1 Å². The number of rotatable bonds is 30. The van der Waals surface area contributed by atoms with Crippen LogP contribution in [0.5, 0.6) is 17.2 Å². The van der Waals surface area contributed by atoms with Gasteiger partial charge in [-0.2, -0.15) is 0 Å². The maximum Gasteiger partial charge on any atom is 0.380 e. The Hall–Kier alpha value is -6.15. The first-order chi connectivity index (χ1) is 55.1. The zero-order valence-electron chi connectivity index (χ0n) is 64.6. The molecule has 3 aromatic carbocycles. The Morgan fingerprint density at radius 1 is 0.436 bits per heavy atom. The van der Waals surface area contributed by atoms with Gasteiger partial charge >= 0.3 is 40.7 Å². The molecule has 12 rings (SSSR count). The number of aromatic amines is 3. The predicted octanol–water partition coefficient (Wildman–Crippen LogP) is 11.9. The second-order valence-corrected chi connectivity index (χ2v) is 38.8. The topological polar surface area (TPSA) is 448 Å². The van der Waals surface area contributed by atoms with Crippen LogP contribution >= 0.6 is 94.2 Å². The van der Waals surface area contributed by atoms with Crippen LogP contribution in [0.15, 0.2) is 124 Å². The number of aliphatic hydroxyl groups excluding tert-OH is 3. The van der Waals surface area contributed by atoms with E-state index in [1.54, 1.807) is 57.2 Å². The van der Waals surface area contributed by atoms with E-state index in [0.29, 0.717) is 15.1 Å². The van der Waals surface area contributed by atoms with Crippen LogP contribution in [-0.4, -0.2) is 187 Å². The maximum absolute atomic E-state index is 13.9. The molecule has 0 radical (unpaired) electrons. The average molecular weight is 1810 g/mol. The van der Waals surface area contributed by atoms with E-state index in [2.05, 4.69) is 15.0 Å². The van der Waals surface area contributed by atoms with Crippen molar-refractivity contribution in [3.63, 3.8) is 0 Å². The van der Waals surface area contributed by atoms with E-state index < -0.39 is 167 Å². The smallest absolute Gasteiger partial charge is 0.380 e. The fourth-order valence-electron chi connectivity index (χ4n) is 13.9. The highest BCUT2D eigenvalue weighted by Gasteiger charge is 2.57. The van der Waals surface area contributed by atoms with Gasteiger partial charge in [0.2, 0.25) is 0 Å². The van der Waals surface area contributed by atoms with Gasteiger partial charge in [0.15, 0.2) is 33.0 Å². The van der Waals surface area contributed by atoms with Crippen LogP contribution in [0.4, 0.5) is 0 Å². The van der Waals surface area contributed by atoms with Gasteiger partial charge in [-0.05, 0) is 207 Å². The van der Waals surface area contributed by atoms with Crippen LogP contribution in [0.25, 0.3) is 0 Å². The van der Waals surface area contributed by atoms with Gasteiger partial charge in [-0.25, -0.2) is 13.7 Å². The molecule has 4 unspecified atom stereocenters. The van der Waals surface area contributed by atoms with Crippen molar-refractivity contribution in [2.75, 3.05) is 38.3 Å². The number of aliphatic hydroxyl groups is 6. The molecule has 642 valence electrons. The zero-order chi connectivity index (χ0) is 85.1. The standard InChI is InChI=1S/3C25H32ClN2O9PS/c3*1-15(22(31)35-17-5-3-4-6-17)14-38(33,37-18-9-7-16(26)8-10-18)34-13-19-21(30)25(2,32)23(36-19)28-12-11-20(29)27-24(28)39/h3*7-12,15,17,19,21,23,30,32H,3-6,13-14H2,1-2H3,(H,27,29,39)/t15-,19-,21+,23-,25?,38?;15-,19-,21+,23-,25?,38+;15-,19-,21+,23-,25?,38-/m111/s1. The van der Waals surface area contributed by atoms with Crippen molar-refractivity contribution in [3.05, 3.63) is 170 Å². The summed E-state index contributed by atoms with van der Waals surface area (Å²) in [5.74, 6) is -3.33. The van der Waals surface area contributed by atoms with E-state index in [9.17, 15) is 73.1 Å². The fourth-order valence-corrected chi connectivity index (χ4v) is 20.7. The Labute approximate surface area is 703 Å². The highest BCUT2D eigenvalue weighted by Crippen LogP contribution is 2.55. The molecule has 6 aromatic rings. The molecular weight excluding hydrogens is 1710 g/mol. The van der Waals surface area contributed by atoms with E-state index in [1.165, 1.54) is 108 Å². The molecule has 0 amide bonds. The van der Waals surface area contributed by atoms with E-state index in [1.807, 2.05) is 0 Å². The number of aromatic nitrogens is 6. The normalized spacial score (nSPS) is 27.7. The van der Waals surface area contributed by atoms with Crippen molar-refractivity contribution in [1.29, 1.82) is 0 Å². The third kappa shape index (κ3) is 24.6. The third-order valence-electron chi connectivity index (χ3n) is 20.5. The second-order valence-electron chi connectivity index (χ2n) is 30.3. The van der Waals surface area contributed by atoms with E-state index in [-0.39, 0.29) is 68.4 Å². The summed E-state index contributed by atoms with van der Waals surface area (Å²) in [6, 6.07) is 22.0. The summed E-state index contributed by atoms with van der Waals surface area (Å²) in [5, 5.41) is 66.9. The molecule has 0 bridgehead atoms. The number of nitrogens with one attached hydrogen (secondary N) is 3. The van der Waals surface area contributed by atoms with Crippen molar-refractivity contribution < 1.29 is 114 Å². The number of ether oxygens (including phenoxy) is 6. The van der Waals surface area contributed by atoms with Crippen molar-refractivity contribution >= 4 is 112 Å². The molecule has 117 heavy (non-hydrogen) atoms. The number of hydrogen-bond donors (Lipinski definition) is 9. The molecule has 6 fully saturated rings. The minimum atomic E-state index is -4.03. The molecule has 42 heteroatoms. The van der Waals surface area contributed by atoms with Crippen molar-refractivity contribution in [2.45, 2.75) is 209 Å². The Balaban J connectivity index is 0.000000185.